The molecule has 1 aliphatic rings. The van der Waals surface area contributed by atoms with Gasteiger partial charge in [0.05, 0.1) is 0 Å². The number of hydrogen-bond donors (Lipinski definition) is 1. The van der Waals surface area contributed by atoms with E-state index in [1.165, 1.54) is 32.1 Å². The Labute approximate surface area is 81.8 Å². The predicted molar refractivity (Wildman–Crippen MR) is 55.7 cm³/mol. The zero-order chi connectivity index (χ0) is 9.52. The smallest absolute Gasteiger partial charge is 0.0468 e. The molecule has 0 amide bonds. The maximum absolute atomic E-state index is 5.86. The maximum Gasteiger partial charge on any atom is 0.0468 e. The van der Waals surface area contributed by atoms with Gasteiger partial charge in [0.15, 0.2) is 0 Å². The van der Waals surface area contributed by atoms with Crippen LogP contribution >= 0.6 is 0 Å². The molecule has 0 spiro atoms. The third-order valence-electron chi connectivity index (χ3n) is 3.05. The third kappa shape index (κ3) is 4.63. The third-order valence-corrected chi connectivity index (χ3v) is 3.05. The van der Waals surface area contributed by atoms with Gasteiger partial charge >= 0.3 is 0 Å². The van der Waals surface area contributed by atoms with Crippen molar-refractivity contribution in [3.05, 3.63) is 0 Å². The molecule has 0 aromatic heterocycles. The van der Waals surface area contributed by atoms with Gasteiger partial charge in [0.1, 0.15) is 0 Å². The lowest BCUT2D eigenvalue weighted by atomic mass is 9.93. The van der Waals surface area contributed by atoms with Gasteiger partial charge in [-0.2, -0.15) is 0 Å². The van der Waals surface area contributed by atoms with E-state index >= 15 is 0 Å². The lowest BCUT2D eigenvalue weighted by Gasteiger charge is -2.22. The Hall–Kier alpha value is -0.0800. The van der Waals surface area contributed by atoms with E-state index in [0.717, 1.165) is 25.6 Å². The summed E-state index contributed by atoms with van der Waals surface area (Å²) in [6, 6.07) is 0.430. The van der Waals surface area contributed by atoms with Gasteiger partial charge in [-0.05, 0) is 31.6 Å². The molecule has 2 heteroatoms. The minimum Gasteiger partial charge on any atom is -0.381 e. The summed E-state index contributed by atoms with van der Waals surface area (Å²) in [5, 5.41) is 0. The number of nitrogens with two attached hydrogens (primary N) is 1. The second-order valence-corrected chi connectivity index (χ2v) is 4.15. The van der Waals surface area contributed by atoms with Crippen LogP contribution in [0.4, 0.5) is 0 Å². The van der Waals surface area contributed by atoms with Crippen LogP contribution in [0.2, 0.25) is 0 Å². The van der Waals surface area contributed by atoms with Gasteiger partial charge in [-0.25, -0.2) is 0 Å². The monoisotopic (exact) mass is 185 g/mol. The van der Waals surface area contributed by atoms with Gasteiger partial charge < -0.3 is 10.5 Å². The van der Waals surface area contributed by atoms with E-state index in [-0.39, 0.29) is 0 Å². The van der Waals surface area contributed by atoms with Crippen molar-refractivity contribution in [3.63, 3.8) is 0 Å². The average Bonchev–Trinajstić information content (AvgIpc) is 2.19. The molecule has 0 aromatic carbocycles. The first-order valence-corrected chi connectivity index (χ1v) is 5.66. The van der Waals surface area contributed by atoms with Crippen LogP contribution in [0.25, 0.3) is 0 Å². The fourth-order valence-corrected chi connectivity index (χ4v) is 1.91. The Morgan fingerprint density at radius 1 is 1.38 bits per heavy atom. The first kappa shape index (κ1) is 11.0. The fourth-order valence-electron chi connectivity index (χ4n) is 1.91. The highest BCUT2D eigenvalue weighted by atomic mass is 16.5. The first-order valence-electron chi connectivity index (χ1n) is 5.66. The van der Waals surface area contributed by atoms with E-state index in [1.54, 1.807) is 0 Å². The molecule has 0 bridgehead atoms. The van der Waals surface area contributed by atoms with Crippen molar-refractivity contribution in [1.29, 1.82) is 0 Å². The molecule has 13 heavy (non-hydrogen) atoms. The number of ether oxygens (including phenoxy) is 1. The Balaban J connectivity index is 1.98. The lowest BCUT2D eigenvalue weighted by Crippen LogP contribution is -2.20. The van der Waals surface area contributed by atoms with Crippen LogP contribution < -0.4 is 5.73 Å². The molecule has 1 rings (SSSR count). The minimum absolute atomic E-state index is 0.430. The van der Waals surface area contributed by atoms with Gasteiger partial charge in [-0.1, -0.05) is 19.8 Å². The van der Waals surface area contributed by atoms with E-state index in [0.29, 0.717) is 6.04 Å². The topological polar surface area (TPSA) is 35.2 Å². The molecule has 2 N–H and O–H groups in total. The zero-order valence-electron chi connectivity index (χ0n) is 8.80. The van der Waals surface area contributed by atoms with Crippen molar-refractivity contribution >= 4 is 0 Å². The van der Waals surface area contributed by atoms with E-state index in [9.17, 15) is 0 Å². The van der Waals surface area contributed by atoms with Crippen LogP contribution in [0.3, 0.4) is 0 Å². The summed E-state index contributed by atoms with van der Waals surface area (Å²) in [4.78, 5) is 0. The van der Waals surface area contributed by atoms with Crippen LogP contribution in [0.5, 0.6) is 0 Å². The molecule has 1 saturated heterocycles. The summed E-state index contributed by atoms with van der Waals surface area (Å²) in [6.07, 6.45) is 7.51. The maximum atomic E-state index is 5.86. The second-order valence-electron chi connectivity index (χ2n) is 4.15. The highest BCUT2D eigenvalue weighted by Crippen LogP contribution is 2.21. The molecule has 0 saturated carbocycles. The number of hydrogen-bond acceptors (Lipinski definition) is 2. The van der Waals surface area contributed by atoms with Crippen molar-refractivity contribution in [3.8, 4) is 0 Å². The van der Waals surface area contributed by atoms with Crippen molar-refractivity contribution in [2.75, 3.05) is 13.2 Å². The molecule has 1 heterocycles. The Morgan fingerprint density at radius 3 is 2.69 bits per heavy atom. The highest BCUT2D eigenvalue weighted by molar-refractivity contribution is 4.65. The van der Waals surface area contributed by atoms with E-state index in [4.69, 9.17) is 10.5 Å². The molecular formula is C11H23NO. The van der Waals surface area contributed by atoms with Crippen LogP contribution in [0, 0.1) is 5.92 Å². The molecule has 78 valence electrons. The quantitative estimate of drug-likeness (QED) is 0.713. The zero-order valence-corrected chi connectivity index (χ0v) is 8.80. The lowest BCUT2D eigenvalue weighted by molar-refractivity contribution is 0.0630. The molecular weight excluding hydrogens is 162 g/mol. The summed E-state index contributed by atoms with van der Waals surface area (Å²) in [6.45, 7) is 4.12. The Kier molecular flexibility index (Phi) is 5.40. The second kappa shape index (κ2) is 6.39. The molecule has 1 fully saturated rings. The standard InChI is InChI=1S/C11H23NO/c1-2-11(12)5-3-4-10-6-8-13-9-7-10/h10-11H,2-9,12H2,1H3. The first-order chi connectivity index (χ1) is 6.33. The van der Waals surface area contributed by atoms with Crippen molar-refractivity contribution in [2.24, 2.45) is 11.7 Å². The molecule has 1 atom stereocenters. The van der Waals surface area contributed by atoms with Gasteiger partial charge in [-0.3, -0.25) is 0 Å². The summed E-state index contributed by atoms with van der Waals surface area (Å²) in [5.74, 6) is 0.915. The molecule has 0 aromatic rings. The van der Waals surface area contributed by atoms with E-state index < -0.39 is 0 Å². The summed E-state index contributed by atoms with van der Waals surface area (Å²) in [7, 11) is 0. The molecule has 0 aliphatic carbocycles. The van der Waals surface area contributed by atoms with Crippen LogP contribution in [-0.2, 0) is 4.74 Å². The van der Waals surface area contributed by atoms with Crippen molar-refractivity contribution in [2.45, 2.75) is 51.5 Å². The summed E-state index contributed by atoms with van der Waals surface area (Å²) in [5.41, 5.74) is 5.86. The molecule has 0 radical (unpaired) electrons. The molecule has 1 aliphatic heterocycles. The average molecular weight is 185 g/mol. The summed E-state index contributed by atoms with van der Waals surface area (Å²) < 4.78 is 5.32. The minimum atomic E-state index is 0.430. The van der Waals surface area contributed by atoms with Crippen LogP contribution in [0.1, 0.15) is 45.4 Å². The Morgan fingerprint density at radius 2 is 2.08 bits per heavy atom. The highest BCUT2D eigenvalue weighted by Gasteiger charge is 2.13. The van der Waals surface area contributed by atoms with Crippen molar-refractivity contribution in [1.82, 2.24) is 0 Å². The van der Waals surface area contributed by atoms with Crippen molar-refractivity contribution < 1.29 is 4.74 Å². The normalized spacial score (nSPS) is 21.7. The van der Waals surface area contributed by atoms with Gasteiger partial charge in [0.25, 0.3) is 0 Å². The molecule has 2 nitrogen and oxygen atoms in total. The fraction of sp³-hybridized carbons (Fsp3) is 1.00. The van der Waals surface area contributed by atoms with E-state index in [2.05, 4.69) is 6.92 Å². The Bertz CT molecular complexity index is 121. The predicted octanol–water partition coefficient (Wildman–Crippen LogP) is 2.32. The molecule has 1 unspecified atom stereocenters. The largest absolute Gasteiger partial charge is 0.381 e. The van der Waals surface area contributed by atoms with Gasteiger partial charge in [0.2, 0.25) is 0 Å². The summed E-state index contributed by atoms with van der Waals surface area (Å²) >= 11 is 0. The van der Waals surface area contributed by atoms with Gasteiger partial charge in [0, 0.05) is 19.3 Å². The van der Waals surface area contributed by atoms with Crippen LogP contribution in [-0.4, -0.2) is 19.3 Å². The van der Waals surface area contributed by atoms with Gasteiger partial charge in [-0.15, -0.1) is 0 Å². The SMILES string of the molecule is CCC(N)CCCC1CCOCC1. The van der Waals surface area contributed by atoms with Crippen LogP contribution in [0.15, 0.2) is 0 Å². The van der Waals surface area contributed by atoms with E-state index in [1.807, 2.05) is 0 Å². The number of rotatable bonds is 5.